The molecule has 0 bridgehead atoms. The summed E-state index contributed by atoms with van der Waals surface area (Å²) in [6.07, 6.45) is -1.76. The van der Waals surface area contributed by atoms with Crippen LogP contribution in [0.15, 0.2) is 67.0 Å². The summed E-state index contributed by atoms with van der Waals surface area (Å²) in [5, 5.41) is 14.4. The number of pyridine rings is 1. The number of rotatable bonds is 5. The molecule has 0 radical (unpaired) electrons. The van der Waals surface area contributed by atoms with Crippen LogP contribution < -0.4 is 10.2 Å². The van der Waals surface area contributed by atoms with Gasteiger partial charge >= 0.3 is 6.18 Å². The third-order valence-electron chi connectivity index (χ3n) is 6.26. The van der Waals surface area contributed by atoms with Crippen molar-refractivity contribution in [1.29, 1.82) is 0 Å². The largest absolute Gasteiger partial charge is 0.433 e. The van der Waals surface area contributed by atoms with Gasteiger partial charge in [-0.05, 0) is 48.5 Å². The van der Waals surface area contributed by atoms with Gasteiger partial charge in [-0.15, -0.1) is 10.2 Å². The van der Waals surface area contributed by atoms with Gasteiger partial charge in [0.25, 0.3) is 5.91 Å². The first-order valence-electron chi connectivity index (χ1n) is 12.0. The summed E-state index contributed by atoms with van der Waals surface area (Å²) in [5.41, 5.74) is 0.696. The van der Waals surface area contributed by atoms with Crippen LogP contribution in [0.25, 0.3) is 17.1 Å². The Labute approximate surface area is 221 Å². The number of nitrogens with one attached hydrogen (secondary N) is 1. The number of amides is 2. The van der Waals surface area contributed by atoms with E-state index in [1.807, 2.05) is 6.07 Å². The van der Waals surface area contributed by atoms with E-state index in [9.17, 15) is 22.8 Å². The molecule has 0 spiro atoms. The van der Waals surface area contributed by atoms with Crippen molar-refractivity contribution in [3.05, 3.63) is 78.2 Å². The van der Waals surface area contributed by atoms with Crippen LogP contribution in [0.2, 0.25) is 0 Å². The average Bonchev–Trinajstić information content (AvgIpc) is 3.41. The quantitative estimate of drug-likeness (QED) is 0.415. The number of hydrogen-bond donors (Lipinski definition) is 1. The zero-order chi connectivity index (χ0) is 27.6. The lowest BCUT2D eigenvalue weighted by Crippen LogP contribution is -2.48. The molecule has 39 heavy (non-hydrogen) atoms. The highest BCUT2D eigenvalue weighted by atomic mass is 19.4. The zero-order valence-electron chi connectivity index (χ0n) is 20.8. The van der Waals surface area contributed by atoms with Crippen LogP contribution in [0, 0.1) is 0 Å². The molecular formula is C26H23F3N8O2. The van der Waals surface area contributed by atoms with Crippen molar-refractivity contribution in [3.63, 3.8) is 0 Å². The van der Waals surface area contributed by atoms with E-state index in [0.717, 1.165) is 11.8 Å². The van der Waals surface area contributed by atoms with Crippen LogP contribution in [0.4, 0.5) is 24.7 Å². The molecule has 1 fully saturated rings. The van der Waals surface area contributed by atoms with Gasteiger partial charge < -0.3 is 15.1 Å². The summed E-state index contributed by atoms with van der Waals surface area (Å²) in [6.45, 7) is 4.04. The number of carbonyl (C=O) groups is 2. The third-order valence-corrected chi connectivity index (χ3v) is 6.26. The number of benzene rings is 1. The lowest BCUT2D eigenvalue weighted by Gasteiger charge is -2.35. The second kappa shape index (κ2) is 10.5. The lowest BCUT2D eigenvalue weighted by atomic mass is 10.1. The second-order valence-electron chi connectivity index (χ2n) is 8.84. The van der Waals surface area contributed by atoms with E-state index in [1.54, 1.807) is 42.2 Å². The number of halogens is 3. The molecule has 1 N–H and O–H groups in total. The van der Waals surface area contributed by atoms with Crippen LogP contribution in [0.1, 0.15) is 23.0 Å². The molecule has 4 aromatic rings. The fourth-order valence-corrected chi connectivity index (χ4v) is 4.23. The van der Waals surface area contributed by atoms with E-state index in [2.05, 4.69) is 30.5 Å². The van der Waals surface area contributed by atoms with E-state index in [4.69, 9.17) is 0 Å². The van der Waals surface area contributed by atoms with Crippen LogP contribution in [-0.4, -0.2) is 67.9 Å². The van der Waals surface area contributed by atoms with Gasteiger partial charge in [-0.1, -0.05) is 6.07 Å². The van der Waals surface area contributed by atoms with Crippen LogP contribution >= 0.6 is 0 Å². The molecular weight excluding hydrogens is 513 g/mol. The highest BCUT2D eigenvalue weighted by Crippen LogP contribution is 2.33. The number of hydrogen-bond acceptors (Lipinski definition) is 7. The molecule has 0 atom stereocenters. The first-order valence-corrected chi connectivity index (χ1v) is 12.0. The van der Waals surface area contributed by atoms with Gasteiger partial charge in [0.15, 0.2) is 17.3 Å². The summed E-state index contributed by atoms with van der Waals surface area (Å²) in [5.74, 6) is -0.513. The van der Waals surface area contributed by atoms with Crippen LogP contribution in [-0.2, 0) is 11.0 Å². The molecule has 1 saturated heterocycles. The van der Waals surface area contributed by atoms with Crippen molar-refractivity contribution in [2.75, 3.05) is 36.4 Å². The van der Waals surface area contributed by atoms with Crippen molar-refractivity contribution < 1.29 is 22.8 Å². The molecule has 13 heteroatoms. The van der Waals surface area contributed by atoms with Crippen LogP contribution in [0.3, 0.4) is 0 Å². The van der Waals surface area contributed by atoms with Gasteiger partial charge in [0, 0.05) is 62.3 Å². The number of piperazine rings is 1. The predicted molar refractivity (Wildman–Crippen MR) is 136 cm³/mol. The highest BCUT2D eigenvalue weighted by molar-refractivity contribution is 6.04. The Morgan fingerprint density at radius 3 is 2.38 bits per heavy atom. The van der Waals surface area contributed by atoms with Crippen molar-refractivity contribution >= 4 is 23.3 Å². The molecule has 3 aromatic heterocycles. The van der Waals surface area contributed by atoms with Gasteiger partial charge in [0.1, 0.15) is 0 Å². The molecule has 0 saturated carbocycles. The zero-order valence-corrected chi connectivity index (χ0v) is 20.8. The van der Waals surface area contributed by atoms with E-state index in [1.165, 1.54) is 24.5 Å². The number of anilines is 2. The third kappa shape index (κ3) is 5.71. The highest BCUT2D eigenvalue weighted by Gasteiger charge is 2.37. The maximum atomic E-state index is 13.7. The summed E-state index contributed by atoms with van der Waals surface area (Å²) in [7, 11) is 0. The van der Waals surface area contributed by atoms with Crippen molar-refractivity contribution in [1.82, 2.24) is 29.9 Å². The summed E-state index contributed by atoms with van der Waals surface area (Å²) in [4.78, 5) is 32.2. The molecule has 2 amide bonds. The molecule has 200 valence electrons. The summed E-state index contributed by atoms with van der Waals surface area (Å²) >= 11 is 0. The smallest absolute Gasteiger partial charge is 0.368 e. The topological polar surface area (TPSA) is 109 Å². The average molecular weight is 537 g/mol. The van der Waals surface area contributed by atoms with Gasteiger partial charge in [-0.3, -0.25) is 14.6 Å². The van der Waals surface area contributed by atoms with Crippen LogP contribution in [0.5, 0.6) is 0 Å². The van der Waals surface area contributed by atoms with E-state index in [-0.39, 0.29) is 23.2 Å². The Bertz CT molecular complexity index is 1480. The summed E-state index contributed by atoms with van der Waals surface area (Å²) < 4.78 is 41.8. The van der Waals surface area contributed by atoms with E-state index < -0.39 is 17.8 Å². The molecule has 1 aromatic carbocycles. The van der Waals surface area contributed by atoms with Gasteiger partial charge in [-0.25, -0.2) is 4.68 Å². The SMILES string of the molecule is CC(=O)N1CCN(c2cccc(C(=O)Nc3ccc(-n4nc(-c5cccnc5)cc4C(F)(F)F)nn3)c2)CC1. The normalized spacial score (nSPS) is 13.8. The number of alkyl halides is 3. The predicted octanol–water partition coefficient (Wildman–Crippen LogP) is 3.66. The van der Waals surface area contributed by atoms with E-state index >= 15 is 0 Å². The minimum Gasteiger partial charge on any atom is -0.368 e. The fourth-order valence-electron chi connectivity index (χ4n) is 4.23. The Morgan fingerprint density at radius 2 is 1.74 bits per heavy atom. The van der Waals surface area contributed by atoms with E-state index in [0.29, 0.717) is 42.0 Å². The summed E-state index contributed by atoms with van der Waals surface area (Å²) in [6, 6.07) is 13.8. The molecule has 0 aliphatic carbocycles. The number of carbonyl (C=O) groups excluding carboxylic acids is 2. The Morgan fingerprint density at radius 1 is 0.949 bits per heavy atom. The van der Waals surface area contributed by atoms with Gasteiger partial charge in [0.05, 0.1) is 5.69 Å². The standard InChI is InChI=1S/C26H23F3N8O2/c1-17(38)35-10-12-36(13-11-35)20-6-2-4-18(14-20)25(39)31-23-7-8-24(33-32-23)37-22(26(27,28)29)15-21(34-37)19-5-3-9-30-16-19/h2-9,14-16H,10-13H2,1H3,(H,31,32,39). The first-order chi connectivity index (χ1) is 18.7. The Kier molecular flexibility index (Phi) is 6.96. The molecule has 1 aliphatic rings. The van der Waals surface area contributed by atoms with Crippen molar-refractivity contribution in [2.24, 2.45) is 0 Å². The molecule has 4 heterocycles. The van der Waals surface area contributed by atoms with Gasteiger partial charge in [-0.2, -0.15) is 18.3 Å². The minimum atomic E-state index is -4.69. The first kappa shape index (κ1) is 25.8. The maximum absolute atomic E-state index is 13.7. The number of aromatic nitrogens is 5. The maximum Gasteiger partial charge on any atom is 0.433 e. The molecule has 1 aliphatic heterocycles. The van der Waals surface area contributed by atoms with Crippen molar-refractivity contribution in [2.45, 2.75) is 13.1 Å². The Balaban J connectivity index is 1.31. The fraction of sp³-hybridized carbons (Fsp3) is 0.231. The monoisotopic (exact) mass is 536 g/mol. The molecule has 10 nitrogen and oxygen atoms in total. The van der Waals surface area contributed by atoms with Crippen molar-refractivity contribution in [3.8, 4) is 17.1 Å². The minimum absolute atomic E-state index is 0.0334. The Hall–Kier alpha value is -4.81. The van der Waals surface area contributed by atoms with Gasteiger partial charge in [0.2, 0.25) is 5.91 Å². The molecule has 0 unspecified atom stereocenters. The number of nitrogens with zero attached hydrogens (tertiary/aromatic N) is 7. The molecule has 5 rings (SSSR count). The second-order valence-corrected chi connectivity index (χ2v) is 8.84. The lowest BCUT2D eigenvalue weighted by molar-refractivity contribution is -0.142.